The number of rotatable bonds is 1. The van der Waals surface area contributed by atoms with E-state index >= 15 is 0 Å². The van der Waals surface area contributed by atoms with Crippen LogP contribution in [0.25, 0.3) is 11.1 Å². The summed E-state index contributed by atoms with van der Waals surface area (Å²) in [6.45, 7) is 1.99. The van der Waals surface area contributed by atoms with Crippen molar-refractivity contribution in [3.8, 4) is 11.1 Å². The maximum Gasteiger partial charge on any atom is 0.0441 e. The molecule has 2 rings (SSSR count). The number of hydrogen-bond acceptors (Lipinski definition) is 0. The van der Waals surface area contributed by atoms with E-state index in [1.807, 2.05) is 43.3 Å². The standard InChI is InChI=1S/C13H10Cl2/c1-9-2-3-11(8-13(9)15)10-4-6-12(14)7-5-10/h2-8H,1H3. The van der Waals surface area contributed by atoms with Crippen molar-refractivity contribution in [3.63, 3.8) is 0 Å². The molecule has 76 valence electrons. The van der Waals surface area contributed by atoms with Gasteiger partial charge >= 0.3 is 0 Å². The average Bonchev–Trinajstić information content (AvgIpc) is 2.23. The van der Waals surface area contributed by atoms with Crippen molar-refractivity contribution >= 4 is 23.2 Å². The van der Waals surface area contributed by atoms with Crippen LogP contribution in [0.1, 0.15) is 5.56 Å². The van der Waals surface area contributed by atoms with Crippen molar-refractivity contribution in [3.05, 3.63) is 58.1 Å². The summed E-state index contributed by atoms with van der Waals surface area (Å²) in [4.78, 5) is 0. The molecule has 0 atom stereocenters. The van der Waals surface area contributed by atoms with Gasteiger partial charge in [-0.05, 0) is 41.8 Å². The molecule has 0 aliphatic rings. The first-order valence-corrected chi connectivity index (χ1v) is 5.44. The zero-order valence-electron chi connectivity index (χ0n) is 8.30. The Labute approximate surface area is 99.5 Å². The maximum atomic E-state index is 6.07. The molecule has 2 aromatic rings. The van der Waals surface area contributed by atoms with Crippen LogP contribution in [0.15, 0.2) is 42.5 Å². The summed E-state index contributed by atoms with van der Waals surface area (Å²) >= 11 is 11.9. The molecule has 0 saturated carbocycles. The molecule has 0 N–H and O–H groups in total. The quantitative estimate of drug-likeness (QED) is 0.656. The third kappa shape index (κ3) is 2.34. The number of aryl methyl sites for hydroxylation is 1. The van der Waals surface area contributed by atoms with Gasteiger partial charge < -0.3 is 0 Å². The fraction of sp³-hybridized carbons (Fsp3) is 0.0769. The molecule has 0 aromatic heterocycles. The zero-order valence-corrected chi connectivity index (χ0v) is 9.81. The van der Waals surface area contributed by atoms with Gasteiger partial charge in [0.25, 0.3) is 0 Å². The molecule has 2 aromatic carbocycles. The molecule has 0 amide bonds. The van der Waals surface area contributed by atoms with E-state index in [1.54, 1.807) is 0 Å². The molecule has 2 heteroatoms. The van der Waals surface area contributed by atoms with E-state index in [0.717, 1.165) is 26.7 Å². The molecule has 0 aliphatic carbocycles. The Hall–Kier alpha value is -0.980. The zero-order chi connectivity index (χ0) is 10.8. The summed E-state index contributed by atoms with van der Waals surface area (Å²) in [6, 6.07) is 13.8. The number of halogens is 2. The lowest BCUT2D eigenvalue weighted by atomic mass is 10.0. The second-order valence-electron chi connectivity index (χ2n) is 3.47. The third-order valence-electron chi connectivity index (χ3n) is 2.35. The Morgan fingerprint density at radius 1 is 0.800 bits per heavy atom. The van der Waals surface area contributed by atoms with Crippen LogP contribution in [0, 0.1) is 6.92 Å². The van der Waals surface area contributed by atoms with Gasteiger partial charge in [0, 0.05) is 10.0 Å². The summed E-state index contributed by atoms with van der Waals surface area (Å²) in [5.41, 5.74) is 3.33. The van der Waals surface area contributed by atoms with Crippen molar-refractivity contribution in [1.29, 1.82) is 0 Å². The lowest BCUT2D eigenvalue weighted by Crippen LogP contribution is -1.80. The first-order valence-electron chi connectivity index (χ1n) is 4.69. The highest BCUT2D eigenvalue weighted by Gasteiger charge is 2.00. The van der Waals surface area contributed by atoms with Gasteiger partial charge in [-0.3, -0.25) is 0 Å². The molecule has 0 spiro atoms. The van der Waals surface area contributed by atoms with Gasteiger partial charge in [-0.1, -0.05) is 47.5 Å². The molecule has 0 fully saturated rings. The fourth-order valence-electron chi connectivity index (χ4n) is 1.41. The number of hydrogen-bond donors (Lipinski definition) is 0. The van der Waals surface area contributed by atoms with Crippen LogP contribution in [0.5, 0.6) is 0 Å². The van der Waals surface area contributed by atoms with Crippen LogP contribution >= 0.6 is 23.2 Å². The summed E-state index contributed by atoms with van der Waals surface area (Å²) in [5, 5.41) is 1.54. The first kappa shape index (κ1) is 10.5. The van der Waals surface area contributed by atoms with Crippen molar-refractivity contribution in [2.45, 2.75) is 6.92 Å². The minimum Gasteiger partial charge on any atom is -0.0843 e. The second kappa shape index (κ2) is 4.26. The minimum atomic E-state index is 0.747. The fourth-order valence-corrected chi connectivity index (χ4v) is 1.72. The van der Waals surface area contributed by atoms with Gasteiger partial charge in [0.05, 0.1) is 0 Å². The van der Waals surface area contributed by atoms with Crippen molar-refractivity contribution in [2.75, 3.05) is 0 Å². The van der Waals surface area contributed by atoms with E-state index < -0.39 is 0 Å². The molecule has 0 bridgehead atoms. The molecule has 0 aliphatic heterocycles. The second-order valence-corrected chi connectivity index (χ2v) is 4.31. The molecule has 0 unspecified atom stereocenters. The van der Waals surface area contributed by atoms with Gasteiger partial charge in [0.2, 0.25) is 0 Å². The lowest BCUT2D eigenvalue weighted by Gasteiger charge is -2.04. The Kier molecular flexibility index (Phi) is 2.99. The van der Waals surface area contributed by atoms with Crippen LogP contribution in [0.3, 0.4) is 0 Å². The van der Waals surface area contributed by atoms with E-state index in [4.69, 9.17) is 23.2 Å². The van der Waals surface area contributed by atoms with E-state index in [9.17, 15) is 0 Å². The molecule has 0 saturated heterocycles. The van der Waals surface area contributed by atoms with Crippen LogP contribution in [-0.4, -0.2) is 0 Å². The molecular formula is C13H10Cl2. The molecule has 15 heavy (non-hydrogen) atoms. The number of benzene rings is 2. The SMILES string of the molecule is Cc1ccc(-c2ccc(Cl)cc2)cc1Cl. The maximum absolute atomic E-state index is 6.07. The molecular weight excluding hydrogens is 227 g/mol. The van der Waals surface area contributed by atoms with Crippen molar-refractivity contribution in [1.82, 2.24) is 0 Å². The van der Waals surface area contributed by atoms with Crippen LogP contribution in [0.2, 0.25) is 10.0 Å². The van der Waals surface area contributed by atoms with Crippen LogP contribution < -0.4 is 0 Å². The monoisotopic (exact) mass is 236 g/mol. The van der Waals surface area contributed by atoms with Crippen LogP contribution in [0.4, 0.5) is 0 Å². The summed E-state index contributed by atoms with van der Waals surface area (Å²) < 4.78 is 0. The van der Waals surface area contributed by atoms with E-state index in [1.165, 1.54) is 0 Å². The van der Waals surface area contributed by atoms with Gasteiger partial charge in [0.1, 0.15) is 0 Å². The summed E-state index contributed by atoms with van der Waals surface area (Å²) in [5.74, 6) is 0. The lowest BCUT2D eigenvalue weighted by molar-refractivity contribution is 1.47. The predicted molar refractivity (Wildman–Crippen MR) is 66.6 cm³/mol. The Balaban J connectivity index is 2.45. The molecule has 0 heterocycles. The van der Waals surface area contributed by atoms with E-state index in [2.05, 4.69) is 6.07 Å². The highest BCUT2D eigenvalue weighted by atomic mass is 35.5. The van der Waals surface area contributed by atoms with Gasteiger partial charge in [0.15, 0.2) is 0 Å². The average molecular weight is 237 g/mol. The van der Waals surface area contributed by atoms with E-state index in [-0.39, 0.29) is 0 Å². The van der Waals surface area contributed by atoms with Gasteiger partial charge in [-0.15, -0.1) is 0 Å². The topological polar surface area (TPSA) is 0 Å². The summed E-state index contributed by atoms with van der Waals surface area (Å²) in [6.07, 6.45) is 0. The van der Waals surface area contributed by atoms with Crippen molar-refractivity contribution in [2.24, 2.45) is 0 Å². The normalized spacial score (nSPS) is 10.3. The summed E-state index contributed by atoms with van der Waals surface area (Å²) in [7, 11) is 0. The third-order valence-corrected chi connectivity index (χ3v) is 3.01. The Bertz CT molecular complexity index is 472. The Morgan fingerprint density at radius 3 is 2.00 bits per heavy atom. The largest absolute Gasteiger partial charge is 0.0843 e. The molecule has 0 nitrogen and oxygen atoms in total. The highest BCUT2D eigenvalue weighted by Crippen LogP contribution is 2.26. The van der Waals surface area contributed by atoms with Gasteiger partial charge in [-0.25, -0.2) is 0 Å². The Morgan fingerprint density at radius 2 is 1.40 bits per heavy atom. The predicted octanol–water partition coefficient (Wildman–Crippen LogP) is 4.97. The first-order chi connectivity index (χ1) is 7.16. The van der Waals surface area contributed by atoms with Gasteiger partial charge in [-0.2, -0.15) is 0 Å². The van der Waals surface area contributed by atoms with Crippen LogP contribution in [-0.2, 0) is 0 Å². The molecule has 0 radical (unpaired) electrons. The highest BCUT2D eigenvalue weighted by molar-refractivity contribution is 6.31. The van der Waals surface area contributed by atoms with Crippen molar-refractivity contribution < 1.29 is 0 Å². The van der Waals surface area contributed by atoms with E-state index in [0.29, 0.717) is 0 Å². The smallest absolute Gasteiger partial charge is 0.0441 e. The minimum absolute atomic E-state index is 0.747.